The molecule has 3 aromatic heterocycles. The molecule has 0 bridgehead atoms. The number of aromatic amines is 2. The highest BCUT2D eigenvalue weighted by atomic mass is 32.1. The van der Waals surface area contributed by atoms with Crippen molar-refractivity contribution < 1.29 is 4.79 Å². The van der Waals surface area contributed by atoms with Crippen LogP contribution in [0.5, 0.6) is 0 Å². The highest BCUT2D eigenvalue weighted by Gasteiger charge is 2.20. The second-order valence-electron chi connectivity index (χ2n) is 7.60. The van der Waals surface area contributed by atoms with Crippen LogP contribution < -0.4 is 10.6 Å². The van der Waals surface area contributed by atoms with E-state index in [0.717, 1.165) is 17.5 Å². The van der Waals surface area contributed by atoms with Crippen molar-refractivity contribution in [2.24, 2.45) is 0 Å². The van der Waals surface area contributed by atoms with Gasteiger partial charge in [-0.2, -0.15) is 0 Å². The number of para-hydroxylation sites is 2. The molecule has 2 aromatic carbocycles. The number of nitrogens with one attached hydrogen (secondary N) is 4. The molecule has 0 saturated heterocycles. The van der Waals surface area contributed by atoms with E-state index in [-0.39, 0.29) is 11.9 Å². The predicted octanol–water partition coefficient (Wildman–Crippen LogP) is 5.38. The molecule has 156 valence electrons. The molecule has 3 heterocycles. The van der Waals surface area contributed by atoms with Gasteiger partial charge in [-0.15, -0.1) is 11.3 Å². The molecule has 5 rings (SSSR count). The second-order valence-corrected chi connectivity index (χ2v) is 8.58. The lowest BCUT2D eigenvalue weighted by atomic mass is 9.97. The Hall–Kier alpha value is -3.51. The number of thiophene rings is 1. The Morgan fingerprint density at radius 3 is 2.42 bits per heavy atom. The summed E-state index contributed by atoms with van der Waals surface area (Å²) < 4.78 is 0. The second kappa shape index (κ2) is 8.70. The Morgan fingerprint density at radius 2 is 1.61 bits per heavy atom. The van der Waals surface area contributed by atoms with Crippen LogP contribution in [0.15, 0.2) is 78.4 Å². The van der Waals surface area contributed by atoms with Gasteiger partial charge in [-0.25, -0.2) is 4.79 Å². The monoisotopic (exact) mass is 428 g/mol. The van der Waals surface area contributed by atoms with Crippen molar-refractivity contribution in [1.29, 1.82) is 0 Å². The Bertz CT molecular complexity index is 1300. The molecule has 0 saturated carbocycles. The maximum absolute atomic E-state index is 12.5. The normalized spacial score (nSPS) is 12.3. The average Bonchev–Trinajstić information content (AvgIpc) is 3.55. The Balaban J connectivity index is 1.23. The summed E-state index contributed by atoms with van der Waals surface area (Å²) in [5, 5.41) is 10.6. The molecule has 5 aromatic rings. The van der Waals surface area contributed by atoms with Crippen LogP contribution in [0.2, 0.25) is 0 Å². The number of hydrogen-bond acceptors (Lipinski definition) is 2. The molecule has 0 aliphatic carbocycles. The summed E-state index contributed by atoms with van der Waals surface area (Å²) in [4.78, 5) is 20.4. The molecule has 5 nitrogen and oxygen atoms in total. The SMILES string of the molecule is O=C(NCCc1c[nH]c2ccccc12)NCC(c1cccs1)c1c[nH]c2ccccc12. The number of carbonyl (C=O) groups is 1. The minimum Gasteiger partial charge on any atom is -0.361 e. The van der Waals surface area contributed by atoms with Crippen LogP contribution in [0.1, 0.15) is 21.9 Å². The first-order valence-corrected chi connectivity index (χ1v) is 11.3. The molecule has 4 N–H and O–H groups in total. The molecule has 0 aliphatic heterocycles. The highest BCUT2D eigenvalue weighted by molar-refractivity contribution is 7.10. The third kappa shape index (κ3) is 4.07. The van der Waals surface area contributed by atoms with Crippen molar-refractivity contribution >= 4 is 39.2 Å². The van der Waals surface area contributed by atoms with Crippen LogP contribution in [-0.4, -0.2) is 29.1 Å². The lowest BCUT2D eigenvalue weighted by molar-refractivity contribution is 0.241. The molecule has 2 amide bonds. The summed E-state index contributed by atoms with van der Waals surface area (Å²) in [6.07, 6.45) is 4.87. The third-order valence-electron chi connectivity index (χ3n) is 5.70. The van der Waals surface area contributed by atoms with Crippen LogP contribution in [0.3, 0.4) is 0 Å². The number of carbonyl (C=O) groups excluding carboxylic acids is 1. The summed E-state index contributed by atoms with van der Waals surface area (Å²) in [5.74, 6) is 0.107. The van der Waals surface area contributed by atoms with Gasteiger partial charge in [0.1, 0.15) is 0 Å². The van der Waals surface area contributed by atoms with Crippen LogP contribution in [-0.2, 0) is 6.42 Å². The van der Waals surface area contributed by atoms with E-state index in [4.69, 9.17) is 0 Å². The number of aromatic nitrogens is 2. The van der Waals surface area contributed by atoms with Crippen molar-refractivity contribution in [3.63, 3.8) is 0 Å². The topological polar surface area (TPSA) is 72.7 Å². The lowest BCUT2D eigenvalue weighted by Gasteiger charge is -2.16. The molecule has 0 fully saturated rings. The van der Waals surface area contributed by atoms with E-state index in [1.54, 1.807) is 11.3 Å². The molecule has 1 atom stereocenters. The standard InChI is InChI=1S/C25H24N4OS/c30-25(26-12-11-17-14-27-22-8-3-1-6-18(17)22)29-16-21(24-10-5-13-31-24)20-15-28-23-9-4-2-7-19(20)23/h1-10,13-15,21,27-28H,11-12,16H2,(H2,26,29,30). The van der Waals surface area contributed by atoms with Crippen molar-refractivity contribution in [2.45, 2.75) is 12.3 Å². The van der Waals surface area contributed by atoms with Crippen molar-refractivity contribution in [3.8, 4) is 0 Å². The predicted molar refractivity (Wildman–Crippen MR) is 128 cm³/mol. The molecule has 0 aliphatic rings. The number of fused-ring (bicyclic) bond motifs is 2. The van der Waals surface area contributed by atoms with Gasteiger partial charge in [-0.05, 0) is 41.1 Å². The zero-order valence-corrected chi connectivity index (χ0v) is 17.8. The maximum atomic E-state index is 12.5. The van der Waals surface area contributed by atoms with Crippen LogP contribution >= 0.6 is 11.3 Å². The first-order chi connectivity index (χ1) is 15.3. The minimum absolute atomic E-state index is 0.107. The van der Waals surface area contributed by atoms with Gasteiger partial charge in [-0.1, -0.05) is 42.5 Å². The van der Waals surface area contributed by atoms with E-state index >= 15 is 0 Å². The molecular weight excluding hydrogens is 404 g/mol. The summed E-state index contributed by atoms with van der Waals surface area (Å²) in [5.41, 5.74) is 4.66. The van der Waals surface area contributed by atoms with E-state index in [1.165, 1.54) is 26.8 Å². The number of benzene rings is 2. The van der Waals surface area contributed by atoms with Crippen molar-refractivity contribution in [3.05, 3.63) is 94.4 Å². The van der Waals surface area contributed by atoms with Crippen molar-refractivity contribution in [2.75, 3.05) is 13.1 Å². The minimum atomic E-state index is -0.138. The van der Waals surface area contributed by atoms with E-state index in [2.05, 4.69) is 74.6 Å². The molecule has 31 heavy (non-hydrogen) atoms. The van der Waals surface area contributed by atoms with E-state index in [1.807, 2.05) is 24.4 Å². The zero-order valence-electron chi connectivity index (χ0n) is 17.0. The van der Waals surface area contributed by atoms with E-state index in [9.17, 15) is 4.79 Å². The van der Waals surface area contributed by atoms with Gasteiger partial charge < -0.3 is 20.6 Å². The van der Waals surface area contributed by atoms with Gasteiger partial charge in [0.15, 0.2) is 0 Å². The summed E-state index contributed by atoms with van der Waals surface area (Å²) >= 11 is 1.72. The fraction of sp³-hybridized carbons (Fsp3) is 0.160. The number of amides is 2. The van der Waals surface area contributed by atoms with Crippen molar-refractivity contribution in [1.82, 2.24) is 20.6 Å². The van der Waals surface area contributed by atoms with Gasteiger partial charge in [0.25, 0.3) is 0 Å². The highest BCUT2D eigenvalue weighted by Crippen LogP contribution is 2.32. The number of H-pyrrole nitrogens is 2. The lowest BCUT2D eigenvalue weighted by Crippen LogP contribution is -2.38. The van der Waals surface area contributed by atoms with Gasteiger partial charge in [0, 0.05) is 58.1 Å². The van der Waals surface area contributed by atoms with Gasteiger partial charge >= 0.3 is 6.03 Å². The molecule has 1 unspecified atom stereocenters. The fourth-order valence-corrected chi connectivity index (χ4v) is 4.99. The molecule has 0 radical (unpaired) electrons. The van der Waals surface area contributed by atoms with Gasteiger partial charge in [0.2, 0.25) is 0 Å². The van der Waals surface area contributed by atoms with E-state index in [0.29, 0.717) is 13.1 Å². The largest absolute Gasteiger partial charge is 0.361 e. The Labute approximate surface area is 184 Å². The summed E-state index contributed by atoms with van der Waals surface area (Å²) in [7, 11) is 0. The zero-order chi connectivity index (χ0) is 21.0. The smallest absolute Gasteiger partial charge is 0.314 e. The molecule has 0 spiro atoms. The quantitative estimate of drug-likeness (QED) is 0.276. The van der Waals surface area contributed by atoms with Gasteiger partial charge in [0.05, 0.1) is 0 Å². The van der Waals surface area contributed by atoms with Gasteiger partial charge in [-0.3, -0.25) is 0 Å². The van der Waals surface area contributed by atoms with Crippen LogP contribution in [0, 0.1) is 0 Å². The number of hydrogen-bond donors (Lipinski definition) is 4. The van der Waals surface area contributed by atoms with Crippen LogP contribution in [0.4, 0.5) is 4.79 Å². The molecular formula is C25H24N4OS. The number of urea groups is 1. The third-order valence-corrected chi connectivity index (χ3v) is 6.69. The average molecular weight is 429 g/mol. The maximum Gasteiger partial charge on any atom is 0.314 e. The Kier molecular flexibility index (Phi) is 5.46. The van der Waals surface area contributed by atoms with Crippen LogP contribution in [0.25, 0.3) is 21.8 Å². The first kappa shape index (κ1) is 19.5. The first-order valence-electron chi connectivity index (χ1n) is 10.5. The molecule has 6 heteroatoms. The Morgan fingerprint density at radius 1 is 0.871 bits per heavy atom. The fourth-order valence-electron chi connectivity index (χ4n) is 4.14. The van der Waals surface area contributed by atoms with E-state index < -0.39 is 0 Å². The summed E-state index contributed by atoms with van der Waals surface area (Å²) in [6.45, 7) is 1.13. The number of rotatable bonds is 7. The summed E-state index contributed by atoms with van der Waals surface area (Å²) in [6, 6.07) is 20.6.